The summed E-state index contributed by atoms with van der Waals surface area (Å²) in [6, 6.07) is 20.1. The number of carbonyl (C=O) groups excluding carboxylic acids is 1. The standard InChI is InChI=1S/C34H41N7O4/c1-2-35-33(44)30-28(42)29(43)34(45-30)41-22-37-27-31(38-26(39-32(27)41)17-12-20-40-18-10-5-11-19-40)36-21-25(23-13-6-3-7-14-23)24-15-8-4-9-16-24/h3-4,6-9,13-16,22,25,27-30,32,34,42-43H,2,5,10-11,18-21H2,1H3,(H,35,44)(H,36,38,39)/t27?,28-,29+,30-,32?,34+/m0/s1. The van der Waals surface area contributed by atoms with Gasteiger partial charge in [-0.15, -0.1) is 0 Å². The predicted molar refractivity (Wildman–Crippen MR) is 173 cm³/mol. The average Bonchev–Trinajstić information content (AvgIpc) is 3.63. The van der Waals surface area contributed by atoms with Crippen molar-refractivity contribution in [3.05, 3.63) is 71.8 Å². The van der Waals surface area contributed by atoms with Crippen molar-refractivity contribution in [3.8, 4) is 11.8 Å². The maximum atomic E-state index is 12.5. The van der Waals surface area contributed by atoms with Crippen molar-refractivity contribution in [1.29, 1.82) is 0 Å². The summed E-state index contributed by atoms with van der Waals surface area (Å²) in [4.78, 5) is 31.2. The smallest absolute Gasteiger partial charge is 0.252 e. The number of hydrogen-bond donors (Lipinski definition) is 4. The predicted octanol–water partition coefficient (Wildman–Crippen LogP) is 1.33. The number of amidine groups is 2. The Balaban J connectivity index is 1.28. The lowest BCUT2D eigenvalue weighted by atomic mass is 9.91. The molecule has 236 valence electrons. The molecule has 6 atom stereocenters. The van der Waals surface area contributed by atoms with Crippen molar-refractivity contribution in [2.75, 3.05) is 32.7 Å². The molecule has 4 heterocycles. The highest BCUT2D eigenvalue weighted by atomic mass is 16.6. The van der Waals surface area contributed by atoms with Gasteiger partial charge in [-0.3, -0.25) is 19.7 Å². The quantitative estimate of drug-likeness (QED) is 0.331. The summed E-state index contributed by atoms with van der Waals surface area (Å²) in [7, 11) is 0. The molecule has 6 rings (SSSR count). The largest absolute Gasteiger partial charge is 0.387 e. The number of nitrogens with zero attached hydrogens (tertiary/aromatic N) is 5. The number of rotatable bonds is 8. The molecule has 4 aliphatic heterocycles. The number of carbonyl (C=O) groups is 1. The lowest BCUT2D eigenvalue weighted by molar-refractivity contribution is -0.139. The molecule has 2 saturated heterocycles. The van der Waals surface area contributed by atoms with E-state index in [1.165, 1.54) is 19.3 Å². The second-order valence-corrected chi connectivity index (χ2v) is 11.7. The Morgan fingerprint density at radius 3 is 2.42 bits per heavy atom. The van der Waals surface area contributed by atoms with Crippen molar-refractivity contribution in [2.24, 2.45) is 15.0 Å². The number of ether oxygens (including phenoxy) is 1. The van der Waals surface area contributed by atoms with Crippen LogP contribution in [0, 0.1) is 11.8 Å². The Kier molecular flexibility index (Phi) is 9.86. The van der Waals surface area contributed by atoms with Crippen LogP contribution in [-0.4, -0.2) is 113 Å². The van der Waals surface area contributed by atoms with Crippen LogP contribution < -0.4 is 10.6 Å². The number of likely N-dealkylation sites (N-methyl/N-ethyl adjacent to an activating group) is 1. The van der Waals surface area contributed by atoms with Gasteiger partial charge in [0.05, 0.1) is 19.4 Å². The summed E-state index contributed by atoms with van der Waals surface area (Å²) >= 11 is 0. The molecule has 0 bridgehead atoms. The van der Waals surface area contributed by atoms with Crippen LogP contribution in [0.25, 0.3) is 0 Å². The maximum absolute atomic E-state index is 12.5. The van der Waals surface area contributed by atoms with Crippen LogP contribution in [-0.2, 0) is 9.53 Å². The molecular formula is C34H41N7O4. The van der Waals surface area contributed by atoms with Crippen LogP contribution in [0.15, 0.2) is 75.6 Å². The van der Waals surface area contributed by atoms with Crippen molar-refractivity contribution >= 4 is 23.9 Å². The zero-order valence-corrected chi connectivity index (χ0v) is 25.5. The number of hydrogen-bond acceptors (Lipinski definition) is 9. The van der Waals surface area contributed by atoms with Crippen molar-refractivity contribution in [1.82, 2.24) is 20.4 Å². The third-order valence-electron chi connectivity index (χ3n) is 8.68. The number of aliphatic imine (C=N–C) groups is 3. The van der Waals surface area contributed by atoms with E-state index in [1.807, 2.05) is 36.4 Å². The van der Waals surface area contributed by atoms with Gasteiger partial charge in [0.25, 0.3) is 5.91 Å². The maximum Gasteiger partial charge on any atom is 0.252 e. The molecule has 0 aromatic heterocycles. The fraction of sp³-hybridized carbons (Fsp3) is 0.471. The Labute approximate surface area is 264 Å². The van der Waals surface area contributed by atoms with Gasteiger partial charge < -0.3 is 30.5 Å². The molecule has 4 N–H and O–H groups in total. The van der Waals surface area contributed by atoms with Gasteiger partial charge in [0, 0.05) is 12.5 Å². The summed E-state index contributed by atoms with van der Waals surface area (Å²) in [6.45, 7) is 5.36. The molecule has 0 aliphatic carbocycles. The minimum Gasteiger partial charge on any atom is -0.387 e. The first-order valence-electron chi connectivity index (χ1n) is 15.8. The Hall–Kier alpha value is -4.08. The summed E-state index contributed by atoms with van der Waals surface area (Å²) < 4.78 is 5.93. The highest BCUT2D eigenvalue weighted by Crippen LogP contribution is 2.31. The van der Waals surface area contributed by atoms with E-state index in [-0.39, 0.29) is 5.92 Å². The van der Waals surface area contributed by atoms with Crippen molar-refractivity contribution < 1.29 is 19.7 Å². The normalized spacial score (nSPS) is 28.8. The SMILES string of the molecule is CCNC(=O)[C@H]1O[C@@H](N2C=NC3C(=NCC(c4ccccc4)c4ccccc4)NC(C#CCN4CCCCC4)=NC32)[C@H](O)[C@@H]1O. The molecule has 45 heavy (non-hydrogen) atoms. The van der Waals surface area contributed by atoms with E-state index in [0.717, 1.165) is 24.2 Å². The van der Waals surface area contributed by atoms with Gasteiger partial charge in [0.1, 0.15) is 24.1 Å². The molecule has 0 radical (unpaired) electrons. The van der Waals surface area contributed by atoms with Gasteiger partial charge in [-0.2, -0.15) is 0 Å². The Morgan fingerprint density at radius 2 is 1.76 bits per heavy atom. The highest BCUT2D eigenvalue weighted by molar-refractivity contribution is 6.13. The first-order chi connectivity index (χ1) is 22.0. The summed E-state index contributed by atoms with van der Waals surface area (Å²) in [6.07, 6.45) is -0.417. The van der Waals surface area contributed by atoms with Gasteiger partial charge in [-0.1, -0.05) is 73.0 Å². The third kappa shape index (κ3) is 6.94. The molecule has 1 amide bonds. The summed E-state index contributed by atoms with van der Waals surface area (Å²) in [5.41, 5.74) is 2.31. The van der Waals surface area contributed by atoms with Gasteiger partial charge in [0.15, 0.2) is 24.3 Å². The minimum atomic E-state index is -1.39. The number of piperidine rings is 1. The molecule has 11 nitrogen and oxygen atoms in total. The monoisotopic (exact) mass is 611 g/mol. The van der Waals surface area contributed by atoms with Crippen LogP contribution in [0.3, 0.4) is 0 Å². The summed E-state index contributed by atoms with van der Waals surface area (Å²) in [5, 5.41) is 27.6. The molecule has 2 aromatic carbocycles. The summed E-state index contributed by atoms with van der Waals surface area (Å²) in [5.74, 6) is 7.08. The molecule has 2 unspecified atom stereocenters. The first kappa shape index (κ1) is 30.9. The van der Waals surface area contributed by atoms with E-state index in [9.17, 15) is 15.0 Å². The Morgan fingerprint density at radius 1 is 1.07 bits per heavy atom. The molecule has 4 aliphatic rings. The third-order valence-corrected chi connectivity index (χ3v) is 8.68. The van der Waals surface area contributed by atoms with Crippen molar-refractivity contribution in [3.63, 3.8) is 0 Å². The second-order valence-electron chi connectivity index (χ2n) is 11.7. The van der Waals surface area contributed by atoms with E-state index >= 15 is 0 Å². The minimum absolute atomic E-state index is 0.0158. The number of likely N-dealkylation sites (tertiary alicyclic amines) is 1. The number of benzene rings is 2. The Bertz CT molecular complexity index is 1430. The van der Waals surface area contributed by atoms with Crippen LogP contribution >= 0.6 is 0 Å². The number of nitrogens with one attached hydrogen (secondary N) is 2. The zero-order chi connectivity index (χ0) is 31.2. The van der Waals surface area contributed by atoms with Gasteiger partial charge in [0.2, 0.25) is 0 Å². The van der Waals surface area contributed by atoms with Crippen LogP contribution in [0.5, 0.6) is 0 Å². The molecule has 0 spiro atoms. The van der Waals surface area contributed by atoms with E-state index in [0.29, 0.717) is 31.3 Å². The van der Waals surface area contributed by atoms with Crippen LogP contribution in [0.4, 0.5) is 0 Å². The van der Waals surface area contributed by atoms with Gasteiger partial charge in [-0.05, 0) is 49.9 Å². The van der Waals surface area contributed by atoms with E-state index in [4.69, 9.17) is 19.7 Å². The molecule has 0 saturated carbocycles. The van der Waals surface area contributed by atoms with Crippen LogP contribution in [0.1, 0.15) is 43.2 Å². The van der Waals surface area contributed by atoms with Crippen LogP contribution in [0.2, 0.25) is 0 Å². The molecule has 2 aromatic rings. The van der Waals surface area contributed by atoms with E-state index < -0.39 is 42.7 Å². The zero-order valence-electron chi connectivity index (χ0n) is 25.5. The number of aliphatic hydroxyl groups excluding tert-OH is 2. The first-order valence-corrected chi connectivity index (χ1v) is 15.8. The topological polar surface area (TPSA) is 134 Å². The molecular weight excluding hydrogens is 570 g/mol. The van der Waals surface area contributed by atoms with E-state index in [1.54, 1.807) is 18.2 Å². The number of aliphatic hydroxyl groups is 2. The van der Waals surface area contributed by atoms with Crippen molar-refractivity contribution in [2.45, 2.75) is 68.9 Å². The second kappa shape index (κ2) is 14.3. The average molecular weight is 612 g/mol. The lowest BCUT2D eigenvalue weighted by Crippen LogP contribution is -2.55. The highest BCUT2D eigenvalue weighted by Gasteiger charge is 2.52. The van der Waals surface area contributed by atoms with E-state index in [2.05, 4.69) is 51.6 Å². The molecule has 2 fully saturated rings. The number of amides is 1. The van der Waals surface area contributed by atoms with Gasteiger partial charge in [-0.25, -0.2) is 4.99 Å². The molecule has 11 heteroatoms. The fourth-order valence-electron chi connectivity index (χ4n) is 6.29. The van der Waals surface area contributed by atoms with Gasteiger partial charge >= 0.3 is 0 Å². The number of fused-ring (bicyclic) bond motifs is 1. The fourth-order valence-corrected chi connectivity index (χ4v) is 6.29. The lowest BCUT2D eigenvalue weighted by Gasteiger charge is -2.34.